The summed E-state index contributed by atoms with van der Waals surface area (Å²) in [5.41, 5.74) is 1.11. The molecule has 31 heavy (non-hydrogen) atoms. The standard InChI is InChI=1S/C21H22N2O6S2/c1-27-15-7-5-14(6-8-15)23-16-11-31(25,26)12-19(16)30-21(23)22-20(24)13-4-9-17(28-2)18(10-13)29-3/h4-10,16,19H,11-12H2,1-3H3/t16-,19-/m1/s1. The number of sulfone groups is 1. The molecular formula is C21H22N2O6S2. The van der Waals surface area contributed by atoms with Crippen molar-refractivity contribution >= 4 is 38.4 Å². The van der Waals surface area contributed by atoms with Crippen molar-refractivity contribution in [1.29, 1.82) is 0 Å². The van der Waals surface area contributed by atoms with Crippen molar-refractivity contribution in [3.8, 4) is 17.2 Å². The van der Waals surface area contributed by atoms with Crippen LogP contribution in [0.2, 0.25) is 0 Å². The summed E-state index contributed by atoms with van der Waals surface area (Å²) >= 11 is 1.33. The van der Waals surface area contributed by atoms with Gasteiger partial charge in [0.05, 0.1) is 38.9 Å². The largest absolute Gasteiger partial charge is 0.497 e. The van der Waals surface area contributed by atoms with Gasteiger partial charge in [-0.05, 0) is 42.5 Å². The number of amidine groups is 1. The maximum Gasteiger partial charge on any atom is 0.279 e. The van der Waals surface area contributed by atoms with Gasteiger partial charge in [0.25, 0.3) is 5.91 Å². The van der Waals surface area contributed by atoms with E-state index < -0.39 is 15.7 Å². The highest BCUT2D eigenvalue weighted by Crippen LogP contribution is 2.41. The normalized spacial score (nSPS) is 22.9. The summed E-state index contributed by atoms with van der Waals surface area (Å²) in [5.74, 6) is 1.29. The Bertz CT molecular complexity index is 1130. The third-order valence-electron chi connectivity index (χ3n) is 5.24. The van der Waals surface area contributed by atoms with Crippen LogP contribution in [-0.2, 0) is 9.84 Å². The molecule has 0 aromatic heterocycles. The third kappa shape index (κ3) is 4.22. The molecule has 4 rings (SSSR count). The topological polar surface area (TPSA) is 94.5 Å². The summed E-state index contributed by atoms with van der Waals surface area (Å²) < 4.78 is 40.1. The Morgan fingerprint density at radius 3 is 2.35 bits per heavy atom. The zero-order valence-corrected chi connectivity index (χ0v) is 18.9. The number of aliphatic imine (C=N–C) groups is 1. The van der Waals surface area contributed by atoms with Crippen LogP contribution in [0.5, 0.6) is 17.2 Å². The monoisotopic (exact) mass is 462 g/mol. The molecule has 1 amide bonds. The highest BCUT2D eigenvalue weighted by Gasteiger charge is 2.49. The van der Waals surface area contributed by atoms with Gasteiger partial charge >= 0.3 is 0 Å². The van der Waals surface area contributed by atoms with Crippen LogP contribution < -0.4 is 19.1 Å². The Kier molecular flexibility index (Phi) is 5.85. The fourth-order valence-corrected chi connectivity index (χ4v) is 7.64. The van der Waals surface area contributed by atoms with Crippen molar-refractivity contribution in [3.05, 3.63) is 48.0 Å². The van der Waals surface area contributed by atoms with Crippen LogP contribution in [0, 0.1) is 0 Å². The van der Waals surface area contributed by atoms with Crippen LogP contribution in [0.4, 0.5) is 5.69 Å². The van der Waals surface area contributed by atoms with E-state index in [1.54, 1.807) is 37.4 Å². The van der Waals surface area contributed by atoms with Crippen LogP contribution in [0.1, 0.15) is 10.4 Å². The summed E-state index contributed by atoms with van der Waals surface area (Å²) in [5, 5.41) is 0.305. The van der Waals surface area contributed by atoms with Gasteiger partial charge in [0.1, 0.15) is 5.75 Å². The van der Waals surface area contributed by atoms with E-state index >= 15 is 0 Å². The van der Waals surface area contributed by atoms with Gasteiger partial charge in [0.15, 0.2) is 26.5 Å². The summed E-state index contributed by atoms with van der Waals surface area (Å²) in [6.45, 7) is 0. The Morgan fingerprint density at radius 2 is 1.71 bits per heavy atom. The van der Waals surface area contributed by atoms with Gasteiger partial charge in [-0.2, -0.15) is 4.99 Å². The van der Waals surface area contributed by atoms with Gasteiger partial charge in [0.2, 0.25) is 0 Å². The van der Waals surface area contributed by atoms with Gasteiger partial charge in [-0.25, -0.2) is 8.42 Å². The molecule has 2 fully saturated rings. The summed E-state index contributed by atoms with van der Waals surface area (Å²) in [4.78, 5) is 19.1. The van der Waals surface area contributed by atoms with Gasteiger partial charge in [-0.3, -0.25) is 4.79 Å². The molecule has 0 bridgehead atoms. The summed E-state index contributed by atoms with van der Waals surface area (Å²) in [7, 11) is 1.46. The lowest BCUT2D eigenvalue weighted by Gasteiger charge is -2.24. The predicted octanol–water partition coefficient (Wildman–Crippen LogP) is 2.63. The van der Waals surface area contributed by atoms with E-state index in [9.17, 15) is 13.2 Å². The molecule has 0 saturated carbocycles. The Morgan fingerprint density at radius 1 is 1.00 bits per heavy atom. The number of hydrogen-bond donors (Lipinski definition) is 0. The molecule has 2 heterocycles. The number of nitrogens with zero attached hydrogens (tertiary/aromatic N) is 2. The van der Waals surface area contributed by atoms with E-state index in [-0.39, 0.29) is 22.8 Å². The van der Waals surface area contributed by atoms with Crippen molar-refractivity contribution in [1.82, 2.24) is 0 Å². The van der Waals surface area contributed by atoms with E-state index in [2.05, 4.69) is 4.99 Å². The van der Waals surface area contributed by atoms with Crippen LogP contribution >= 0.6 is 11.8 Å². The number of hydrogen-bond acceptors (Lipinski definition) is 7. The van der Waals surface area contributed by atoms with Crippen molar-refractivity contribution in [2.75, 3.05) is 37.7 Å². The molecule has 0 aliphatic carbocycles. The van der Waals surface area contributed by atoms with Crippen LogP contribution in [0.15, 0.2) is 47.5 Å². The zero-order chi connectivity index (χ0) is 22.2. The van der Waals surface area contributed by atoms with Crippen molar-refractivity contribution in [2.24, 2.45) is 4.99 Å². The highest BCUT2D eigenvalue weighted by atomic mass is 32.2. The van der Waals surface area contributed by atoms with Gasteiger partial charge < -0.3 is 19.1 Å². The lowest BCUT2D eigenvalue weighted by atomic mass is 10.2. The molecule has 2 aromatic carbocycles. The maximum absolute atomic E-state index is 12.9. The van der Waals surface area contributed by atoms with Crippen molar-refractivity contribution < 1.29 is 27.4 Å². The molecule has 8 nitrogen and oxygen atoms in total. The second kappa shape index (κ2) is 8.43. The molecular weight excluding hydrogens is 440 g/mol. The quantitative estimate of drug-likeness (QED) is 0.669. The van der Waals surface area contributed by atoms with Crippen LogP contribution in [0.3, 0.4) is 0 Å². The van der Waals surface area contributed by atoms with Crippen molar-refractivity contribution in [3.63, 3.8) is 0 Å². The first-order chi connectivity index (χ1) is 14.8. The van der Waals surface area contributed by atoms with Gasteiger partial charge in [0, 0.05) is 16.5 Å². The van der Waals surface area contributed by atoms with Crippen LogP contribution in [-0.4, -0.2) is 63.6 Å². The predicted molar refractivity (Wildman–Crippen MR) is 121 cm³/mol. The smallest absolute Gasteiger partial charge is 0.279 e. The minimum absolute atomic E-state index is 0.0280. The molecule has 0 radical (unpaired) electrons. The molecule has 2 aliphatic heterocycles. The molecule has 0 N–H and O–H groups in total. The number of anilines is 1. The first kappa shape index (κ1) is 21.5. The fourth-order valence-electron chi connectivity index (χ4n) is 3.73. The fraction of sp³-hybridized carbons (Fsp3) is 0.333. The second-order valence-corrected chi connectivity index (χ2v) is 10.5. The van der Waals surface area contributed by atoms with Crippen molar-refractivity contribution in [2.45, 2.75) is 11.3 Å². The minimum Gasteiger partial charge on any atom is -0.497 e. The van der Waals surface area contributed by atoms with E-state index in [4.69, 9.17) is 14.2 Å². The van der Waals surface area contributed by atoms with Crippen LogP contribution in [0.25, 0.3) is 0 Å². The lowest BCUT2D eigenvalue weighted by molar-refractivity contribution is 0.100. The number of fused-ring (bicyclic) bond motifs is 1. The van der Waals surface area contributed by atoms with E-state index in [0.29, 0.717) is 28.0 Å². The third-order valence-corrected chi connectivity index (χ3v) is 8.45. The molecule has 2 atom stereocenters. The maximum atomic E-state index is 12.9. The van der Waals surface area contributed by atoms with E-state index in [0.717, 1.165) is 5.69 Å². The summed E-state index contributed by atoms with van der Waals surface area (Å²) in [6.07, 6.45) is 0. The zero-order valence-electron chi connectivity index (χ0n) is 17.3. The second-order valence-electron chi connectivity index (χ2n) is 7.14. The SMILES string of the molecule is COc1ccc(N2C(=NC(=O)c3ccc(OC)c(OC)c3)S[C@@H]3CS(=O)(=O)C[C@H]32)cc1. The molecule has 2 aliphatic rings. The number of rotatable bonds is 5. The number of methoxy groups -OCH3 is 3. The molecule has 2 aromatic rings. The number of thioether (sulfide) groups is 1. The average Bonchev–Trinajstić information content (AvgIpc) is 3.23. The highest BCUT2D eigenvalue weighted by molar-refractivity contribution is 8.16. The molecule has 2 saturated heterocycles. The number of amides is 1. The number of benzene rings is 2. The molecule has 0 unspecified atom stereocenters. The van der Waals surface area contributed by atoms with E-state index in [1.807, 2.05) is 17.0 Å². The molecule has 164 valence electrons. The molecule has 10 heteroatoms. The Balaban J connectivity index is 1.70. The Labute approximate surface area is 185 Å². The number of ether oxygens (including phenoxy) is 3. The van der Waals surface area contributed by atoms with Gasteiger partial charge in [-0.1, -0.05) is 11.8 Å². The summed E-state index contributed by atoms with van der Waals surface area (Å²) in [6, 6.07) is 11.8. The van der Waals surface area contributed by atoms with Gasteiger partial charge in [-0.15, -0.1) is 0 Å². The average molecular weight is 463 g/mol. The lowest BCUT2D eigenvalue weighted by Crippen LogP contribution is -2.37. The first-order valence-electron chi connectivity index (χ1n) is 9.50. The number of carbonyl (C=O) groups excluding carboxylic acids is 1. The minimum atomic E-state index is -3.14. The molecule has 0 spiro atoms. The number of carbonyl (C=O) groups is 1. The van der Waals surface area contributed by atoms with E-state index in [1.165, 1.54) is 26.0 Å². The first-order valence-corrected chi connectivity index (χ1v) is 12.2. The Hall–Kier alpha value is -2.72.